The third kappa shape index (κ3) is 5.53. The van der Waals surface area contributed by atoms with Crippen molar-refractivity contribution in [3.8, 4) is 0 Å². The second kappa shape index (κ2) is 5.86. The lowest BCUT2D eigenvalue weighted by Gasteiger charge is -2.23. The van der Waals surface area contributed by atoms with Crippen molar-refractivity contribution in [2.45, 2.75) is 70.9 Å². The van der Waals surface area contributed by atoms with Gasteiger partial charge >= 0.3 is 0 Å². The molecule has 0 amide bonds. The van der Waals surface area contributed by atoms with E-state index in [9.17, 15) is 5.11 Å². The van der Waals surface area contributed by atoms with E-state index in [0.717, 1.165) is 5.92 Å². The maximum absolute atomic E-state index is 9.65. The van der Waals surface area contributed by atoms with Gasteiger partial charge in [0.25, 0.3) is 0 Å². The summed E-state index contributed by atoms with van der Waals surface area (Å²) >= 11 is 0. The minimum Gasteiger partial charge on any atom is -0.389 e. The van der Waals surface area contributed by atoms with Crippen LogP contribution in [0.4, 0.5) is 0 Å². The van der Waals surface area contributed by atoms with Crippen molar-refractivity contribution >= 4 is 0 Å². The van der Waals surface area contributed by atoms with E-state index in [-0.39, 0.29) is 0 Å². The molecule has 0 bridgehead atoms. The molecule has 1 rings (SSSR count). The first-order valence-electron chi connectivity index (χ1n) is 6.47. The molecule has 0 aromatic rings. The highest BCUT2D eigenvalue weighted by atomic mass is 16.3. The highest BCUT2D eigenvalue weighted by molar-refractivity contribution is 4.78. The second-order valence-corrected chi connectivity index (χ2v) is 5.67. The Morgan fingerprint density at radius 3 is 2.53 bits per heavy atom. The van der Waals surface area contributed by atoms with Crippen LogP contribution in [0.25, 0.3) is 0 Å². The number of hydrogen-bond donors (Lipinski definition) is 2. The van der Waals surface area contributed by atoms with E-state index in [0.29, 0.717) is 12.6 Å². The molecule has 2 unspecified atom stereocenters. The lowest BCUT2D eigenvalue weighted by molar-refractivity contribution is 0.0756. The lowest BCUT2D eigenvalue weighted by atomic mass is 9.98. The van der Waals surface area contributed by atoms with Crippen LogP contribution in [0.15, 0.2) is 0 Å². The van der Waals surface area contributed by atoms with Crippen LogP contribution in [-0.2, 0) is 0 Å². The monoisotopic (exact) mass is 213 g/mol. The van der Waals surface area contributed by atoms with E-state index < -0.39 is 5.60 Å². The molecule has 0 aromatic carbocycles. The minimum absolute atomic E-state index is 0.573. The Morgan fingerprint density at radius 1 is 1.20 bits per heavy atom. The van der Waals surface area contributed by atoms with Crippen LogP contribution in [0.1, 0.15) is 59.3 Å². The first kappa shape index (κ1) is 13.0. The summed E-state index contributed by atoms with van der Waals surface area (Å²) in [6.07, 6.45) is 8.01. The van der Waals surface area contributed by atoms with Gasteiger partial charge < -0.3 is 10.4 Å². The molecule has 1 aliphatic rings. The smallest absolute Gasteiger partial charge is 0.0715 e. The normalized spacial score (nSPS) is 28.8. The molecule has 2 atom stereocenters. The van der Waals surface area contributed by atoms with Crippen molar-refractivity contribution in [2.24, 2.45) is 5.92 Å². The fraction of sp³-hybridized carbons (Fsp3) is 1.00. The van der Waals surface area contributed by atoms with Crippen molar-refractivity contribution in [1.82, 2.24) is 5.32 Å². The van der Waals surface area contributed by atoms with Gasteiger partial charge in [-0.3, -0.25) is 0 Å². The van der Waals surface area contributed by atoms with Gasteiger partial charge in [0.05, 0.1) is 5.60 Å². The van der Waals surface area contributed by atoms with Gasteiger partial charge in [0.1, 0.15) is 0 Å². The molecule has 1 saturated carbocycles. The fourth-order valence-electron chi connectivity index (χ4n) is 2.38. The molecule has 0 aliphatic heterocycles. The number of rotatable bonds is 4. The zero-order chi connectivity index (χ0) is 11.3. The summed E-state index contributed by atoms with van der Waals surface area (Å²) in [5.41, 5.74) is -0.573. The predicted molar refractivity (Wildman–Crippen MR) is 65.0 cm³/mol. The van der Waals surface area contributed by atoms with Crippen LogP contribution in [-0.4, -0.2) is 23.3 Å². The van der Waals surface area contributed by atoms with Gasteiger partial charge in [0.15, 0.2) is 0 Å². The summed E-state index contributed by atoms with van der Waals surface area (Å²) in [6.45, 7) is 6.75. The van der Waals surface area contributed by atoms with Crippen LogP contribution < -0.4 is 5.32 Å². The SMILES string of the molecule is CCC1CCCC(NCC(C)(C)O)CC1. The third-order valence-corrected chi connectivity index (χ3v) is 3.49. The Morgan fingerprint density at radius 2 is 1.93 bits per heavy atom. The quantitative estimate of drug-likeness (QED) is 0.704. The summed E-state index contributed by atoms with van der Waals surface area (Å²) < 4.78 is 0. The molecule has 2 nitrogen and oxygen atoms in total. The van der Waals surface area contributed by atoms with Gasteiger partial charge in [-0.05, 0) is 39.0 Å². The maximum atomic E-state index is 9.65. The molecule has 2 heteroatoms. The van der Waals surface area contributed by atoms with Crippen molar-refractivity contribution in [1.29, 1.82) is 0 Å². The Kier molecular flexibility index (Phi) is 5.07. The first-order valence-corrected chi connectivity index (χ1v) is 6.47. The minimum atomic E-state index is -0.573. The average Bonchev–Trinajstić information content (AvgIpc) is 2.38. The first-order chi connectivity index (χ1) is 7.01. The topological polar surface area (TPSA) is 32.3 Å². The lowest BCUT2D eigenvalue weighted by Crippen LogP contribution is -2.40. The van der Waals surface area contributed by atoms with E-state index >= 15 is 0 Å². The molecular weight excluding hydrogens is 186 g/mol. The average molecular weight is 213 g/mol. The molecule has 15 heavy (non-hydrogen) atoms. The van der Waals surface area contributed by atoms with Crippen LogP contribution in [0.5, 0.6) is 0 Å². The Hall–Kier alpha value is -0.0800. The molecule has 90 valence electrons. The molecule has 0 radical (unpaired) electrons. The molecule has 1 fully saturated rings. The second-order valence-electron chi connectivity index (χ2n) is 5.67. The van der Waals surface area contributed by atoms with Crippen molar-refractivity contribution in [3.63, 3.8) is 0 Å². The van der Waals surface area contributed by atoms with E-state index in [1.54, 1.807) is 0 Å². The summed E-state index contributed by atoms with van der Waals surface area (Å²) in [5, 5.41) is 13.2. The predicted octanol–water partition coefficient (Wildman–Crippen LogP) is 2.71. The summed E-state index contributed by atoms with van der Waals surface area (Å²) in [4.78, 5) is 0. The van der Waals surface area contributed by atoms with Gasteiger partial charge in [0.2, 0.25) is 0 Å². The van der Waals surface area contributed by atoms with Gasteiger partial charge in [-0.15, -0.1) is 0 Å². The Bertz CT molecular complexity index is 174. The largest absolute Gasteiger partial charge is 0.389 e. The highest BCUT2D eigenvalue weighted by Gasteiger charge is 2.19. The molecule has 1 aliphatic carbocycles. The van der Waals surface area contributed by atoms with Crippen LogP contribution in [0.3, 0.4) is 0 Å². The summed E-state index contributed by atoms with van der Waals surface area (Å²) in [6, 6.07) is 0.632. The van der Waals surface area contributed by atoms with Crippen molar-refractivity contribution in [3.05, 3.63) is 0 Å². The van der Waals surface area contributed by atoms with Gasteiger partial charge in [-0.25, -0.2) is 0 Å². The van der Waals surface area contributed by atoms with E-state index in [4.69, 9.17) is 0 Å². The van der Waals surface area contributed by atoms with Crippen LogP contribution >= 0.6 is 0 Å². The molecule has 2 N–H and O–H groups in total. The number of hydrogen-bond acceptors (Lipinski definition) is 2. The molecule has 0 spiro atoms. The molecule has 0 saturated heterocycles. The van der Waals surface area contributed by atoms with Crippen LogP contribution in [0.2, 0.25) is 0 Å². The number of aliphatic hydroxyl groups is 1. The van der Waals surface area contributed by atoms with Crippen LogP contribution in [0, 0.1) is 5.92 Å². The Labute approximate surface area is 94.5 Å². The third-order valence-electron chi connectivity index (χ3n) is 3.49. The van der Waals surface area contributed by atoms with Gasteiger partial charge in [-0.2, -0.15) is 0 Å². The molecule has 0 aromatic heterocycles. The standard InChI is InChI=1S/C13H27NO/c1-4-11-6-5-7-12(9-8-11)14-10-13(2,3)15/h11-12,14-15H,4-10H2,1-3H3. The molecular formula is C13H27NO. The number of nitrogens with one attached hydrogen (secondary N) is 1. The van der Waals surface area contributed by atoms with E-state index in [1.165, 1.54) is 38.5 Å². The van der Waals surface area contributed by atoms with Gasteiger partial charge in [-0.1, -0.05) is 26.2 Å². The van der Waals surface area contributed by atoms with E-state index in [1.807, 2.05) is 13.8 Å². The summed E-state index contributed by atoms with van der Waals surface area (Å²) in [7, 11) is 0. The van der Waals surface area contributed by atoms with E-state index in [2.05, 4.69) is 12.2 Å². The summed E-state index contributed by atoms with van der Waals surface area (Å²) in [5.74, 6) is 0.943. The zero-order valence-electron chi connectivity index (χ0n) is 10.6. The highest BCUT2D eigenvalue weighted by Crippen LogP contribution is 2.25. The molecule has 0 heterocycles. The van der Waals surface area contributed by atoms with Gasteiger partial charge in [0, 0.05) is 12.6 Å². The van der Waals surface area contributed by atoms with Crippen molar-refractivity contribution < 1.29 is 5.11 Å². The fourth-order valence-corrected chi connectivity index (χ4v) is 2.38. The van der Waals surface area contributed by atoms with Crippen molar-refractivity contribution in [2.75, 3.05) is 6.54 Å². The zero-order valence-corrected chi connectivity index (χ0v) is 10.6. The maximum Gasteiger partial charge on any atom is 0.0715 e. The Balaban J connectivity index is 2.25.